The molecule has 0 aliphatic rings. The molecule has 0 spiro atoms. The van der Waals surface area contributed by atoms with Gasteiger partial charge in [0.25, 0.3) is 0 Å². The molecule has 0 bridgehead atoms. The SMILES string of the molecule is CCc1sc(-c2cnn(C)c2)nc1-c1ccc(CC(=O)c2c(C)cccc2F)cc1. The molecule has 152 valence electrons. The van der Waals surface area contributed by atoms with Crippen molar-refractivity contribution in [2.45, 2.75) is 26.7 Å². The second-order valence-corrected chi connectivity index (χ2v) is 8.36. The number of benzene rings is 2. The Labute approximate surface area is 179 Å². The third kappa shape index (κ3) is 3.96. The lowest BCUT2D eigenvalue weighted by molar-refractivity contribution is 0.0988. The van der Waals surface area contributed by atoms with Crippen molar-refractivity contribution in [3.63, 3.8) is 0 Å². The summed E-state index contributed by atoms with van der Waals surface area (Å²) in [6.07, 6.45) is 4.84. The standard InChI is InChI=1S/C24H22FN3OS/c1-4-21-23(27-24(30-21)18-13-26-28(3)14-18)17-10-8-16(9-11-17)12-20(29)22-15(2)6-5-7-19(22)25/h5-11,13-14H,4,12H2,1-3H3. The molecule has 0 aliphatic heterocycles. The maximum atomic E-state index is 14.1. The van der Waals surface area contributed by atoms with Crippen LogP contribution in [0.2, 0.25) is 0 Å². The Hall–Kier alpha value is -3.12. The zero-order chi connectivity index (χ0) is 21.3. The first-order valence-electron chi connectivity index (χ1n) is 9.82. The predicted octanol–water partition coefficient (Wildman–Crippen LogP) is 5.65. The lowest BCUT2D eigenvalue weighted by Crippen LogP contribution is -2.08. The average molecular weight is 420 g/mol. The van der Waals surface area contributed by atoms with E-state index in [2.05, 4.69) is 12.0 Å². The summed E-state index contributed by atoms with van der Waals surface area (Å²) in [7, 11) is 1.89. The van der Waals surface area contributed by atoms with Gasteiger partial charge in [-0.1, -0.05) is 43.3 Å². The molecule has 2 aromatic carbocycles. The number of aromatic nitrogens is 3. The van der Waals surface area contributed by atoms with E-state index in [-0.39, 0.29) is 17.8 Å². The summed E-state index contributed by atoms with van der Waals surface area (Å²) in [5.74, 6) is -0.672. The van der Waals surface area contributed by atoms with Crippen molar-refractivity contribution in [3.8, 4) is 21.8 Å². The molecular formula is C24H22FN3OS. The highest BCUT2D eigenvalue weighted by atomic mass is 32.1. The van der Waals surface area contributed by atoms with Gasteiger partial charge in [-0.05, 0) is 30.5 Å². The van der Waals surface area contributed by atoms with E-state index in [0.29, 0.717) is 5.56 Å². The van der Waals surface area contributed by atoms with Crippen LogP contribution in [0.15, 0.2) is 54.9 Å². The van der Waals surface area contributed by atoms with Gasteiger partial charge in [0.1, 0.15) is 10.8 Å². The molecular weight excluding hydrogens is 397 g/mol. The number of ketones is 1. The molecule has 0 fully saturated rings. The molecule has 0 atom stereocenters. The highest BCUT2D eigenvalue weighted by Crippen LogP contribution is 2.34. The first-order valence-corrected chi connectivity index (χ1v) is 10.6. The second-order valence-electron chi connectivity index (χ2n) is 7.28. The van der Waals surface area contributed by atoms with Crippen LogP contribution >= 0.6 is 11.3 Å². The van der Waals surface area contributed by atoms with Gasteiger partial charge >= 0.3 is 0 Å². The van der Waals surface area contributed by atoms with Crippen molar-refractivity contribution in [1.29, 1.82) is 0 Å². The Morgan fingerprint density at radius 2 is 1.90 bits per heavy atom. The third-order valence-corrected chi connectivity index (χ3v) is 6.31. The van der Waals surface area contributed by atoms with Crippen molar-refractivity contribution in [3.05, 3.63) is 82.2 Å². The Kier molecular flexibility index (Phi) is 5.59. The van der Waals surface area contributed by atoms with Crippen LogP contribution in [-0.2, 0) is 19.9 Å². The number of hydrogen-bond acceptors (Lipinski definition) is 4. The quantitative estimate of drug-likeness (QED) is 0.380. The summed E-state index contributed by atoms with van der Waals surface area (Å²) < 4.78 is 15.9. The highest BCUT2D eigenvalue weighted by Gasteiger charge is 2.17. The summed E-state index contributed by atoms with van der Waals surface area (Å²) in [6, 6.07) is 12.5. The van der Waals surface area contributed by atoms with Crippen molar-refractivity contribution in [2.75, 3.05) is 0 Å². The molecule has 30 heavy (non-hydrogen) atoms. The van der Waals surface area contributed by atoms with Crippen LogP contribution in [0.1, 0.15) is 33.3 Å². The van der Waals surface area contributed by atoms with E-state index >= 15 is 0 Å². The van der Waals surface area contributed by atoms with E-state index in [1.165, 1.54) is 10.9 Å². The van der Waals surface area contributed by atoms with Gasteiger partial charge in [0.2, 0.25) is 0 Å². The van der Waals surface area contributed by atoms with Gasteiger partial charge in [-0.25, -0.2) is 9.37 Å². The number of nitrogens with zero attached hydrogens (tertiary/aromatic N) is 3. The highest BCUT2D eigenvalue weighted by molar-refractivity contribution is 7.15. The lowest BCUT2D eigenvalue weighted by Gasteiger charge is -2.07. The fourth-order valence-corrected chi connectivity index (χ4v) is 4.51. The predicted molar refractivity (Wildman–Crippen MR) is 118 cm³/mol. The molecule has 0 N–H and O–H groups in total. The molecule has 0 amide bonds. The van der Waals surface area contributed by atoms with Crippen LogP contribution < -0.4 is 0 Å². The fourth-order valence-electron chi connectivity index (χ4n) is 3.51. The molecule has 2 heterocycles. The molecule has 4 nitrogen and oxygen atoms in total. The minimum atomic E-state index is -0.463. The molecule has 0 saturated carbocycles. The van der Waals surface area contributed by atoms with Crippen molar-refractivity contribution >= 4 is 17.1 Å². The molecule has 4 aromatic rings. The Balaban J connectivity index is 1.58. The van der Waals surface area contributed by atoms with E-state index in [9.17, 15) is 9.18 Å². The Morgan fingerprint density at radius 1 is 1.13 bits per heavy atom. The molecule has 0 radical (unpaired) electrons. The normalized spacial score (nSPS) is 11.1. The molecule has 0 unspecified atom stereocenters. The van der Waals surface area contributed by atoms with Crippen LogP contribution in [0.4, 0.5) is 4.39 Å². The summed E-state index contributed by atoms with van der Waals surface area (Å²) >= 11 is 1.68. The minimum absolute atomic E-state index is 0.167. The topological polar surface area (TPSA) is 47.8 Å². The number of halogens is 1. The van der Waals surface area contributed by atoms with Gasteiger partial charge in [0, 0.05) is 35.7 Å². The summed E-state index contributed by atoms with van der Waals surface area (Å²) in [6.45, 7) is 3.88. The van der Waals surface area contributed by atoms with Gasteiger partial charge in [0.05, 0.1) is 17.5 Å². The largest absolute Gasteiger partial charge is 0.294 e. The van der Waals surface area contributed by atoms with Gasteiger partial charge in [-0.15, -0.1) is 11.3 Å². The number of Topliss-reactive ketones (excluding diaryl/α,β-unsaturated/α-hetero) is 1. The van der Waals surface area contributed by atoms with E-state index in [4.69, 9.17) is 4.98 Å². The van der Waals surface area contributed by atoms with Crippen molar-refractivity contribution in [1.82, 2.24) is 14.8 Å². The third-order valence-electron chi connectivity index (χ3n) is 5.06. The molecule has 6 heteroatoms. The first kappa shape index (κ1) is 20.2. The average Bonchev–Trinajstić information content (AvgIpc) is 3.34. The number of aryl methyl sites for hydroxylation is 3. The van der Waals surface area contributed by atoms with Crippen LogP contribution in [-0.4, -0.2) is 20.5 Å². The smallest absolute Gasteiger partial charge is 0.170 e. The maximum Gasteiger partial charge on any atom is 0.170 e. The zero-order valence-electron chi connectivity index (χ0n) is 17.1. The Morgan fingerprint density at radius 3 is 2.53 bits per heavy atom. The van der Waals surface area contributed by atoms with E-state index in [1.807, 2.05) is 43.7 Å². The van der Waals surface area contributed by atoms with E-state index in [1.54, 1.807) is 35.1 Å². The second kappa shape index (κ2) is 8.32. The fraction of sp³-hybridized carbons (Fsp3) is 0.208. The summed E-state index contributed by atoms with van der Waals surface area (Å²) in [4.78, 5) is 18.7. The van der Waals surface area contributed by atoms with Gasteiger partial charge in [0.15, 0.2) is 5.78 Å². The Bertz CT molecular complexity index is 1190. The van der Waals surface area contributed by atoms with Crippen LogP contribution in [0.3, 0.4) is 0 Å². The van der Waals surface area contributed by atoms with Gasteiger partial charge in [-0.3, -0.25) is 9.48 Å². The zero-order valence-corrected chi connectivity index (χ0v) is 18.0. The molecule has 4 rings (SSSR count). The van der Waals surface area contributed by atoms with Gasteiger partial charge in [-0.2, -0.15) is 5.10 Å². The number of carbonyl (C=O) groups excluding carboxylic acids is 1. The number of rotatable bonds is 6. The van der Waals surface area contributed by atoms with Crippen LogP contribution in [0.5, 0.6) is 0 Å². The van der Waals surface area contributed by atoms with Crippen molar-refractivity contribution < 1.29 is 9.18 Å². The minimum Gasteiger partial charge on any atom is -0.294 e. The number of thiazole rings is 1. The number of hydrogen-bond donors (Lipinski definition) is 0. The van der Waals surface area contributed by atoms with Crippen molar-refractivity contribution in [2.24, 2.45) is 7.05 Å². The van der Waals surface area contributed by atoms with Crippen LogP contribution in [0.25, 0.3) is 21.8 Å². The number of carbonyl (C=O) groups is 1. The summed E-state index contributed by atoms with van der Waals surface area (Å²) in [5, 5.41) is 5.18. The monoisotopic (exact) mass is 419 g/mol. The molecule has 2 aromatic heterocycles. The lowest BCUT2D eigenvalue weighted by atomic mass is 9.97. The first-order chi connectivity index (χ1) is 14.5. The van der Waals surface area contributed by atoms with Gasteiger partial charge < -0.3 is 0 Å². The maximum absolute atomic E-state index is 14.1. The summed E-state index contributed by atoms with van der Waals surface area (Å²) in [5.41, 5.74) is 4.67. The molecule has 0 saturated heterocycles. The van der Waals surface area contributed by atoms with Crippen LogP contribution in [0, 0.1) is 12.7 Å². The molecule has 0 aliphatic carbocycles. The van der Waals surface area contributed by atoms with E-state index in [0.717, 1.165) is 33.8 Å². The van der Waals surface area contributed by atoms with E-state index < -0.39 is 5.82 Å².